The van der Waals surface area contributed by atoms with Crippen LogP contribution in [0.4, 0.5) is 0 Å². The summed E-state index contributed by atoms with van der Waals surface area (Å²) in [5.41, 5.74) is 1.83. The SMILES string of the molecule is CNC(=O)C(C)(C)CNC(C)c1ccc(C)cc1OC. The van der Waals surface area contributed by atoms with Crippen molar-refractivity contribution in [2.24, 2.45) is 5.41 Å². The molecule has 0 radical (unpaired) electrons. The van der Waals surface area contributed by atoms with Gasteiger partial charge in [0.2, 0.25) is 5.91 Å². The van der Waals surface area contributed by atoms with Gasteiger partial charge in [-0.3, -0.25) is 4.79 Å². The van der Waals surface area contributed by atoms with E-state index < -0.39 is 5.41 Å². The average molecular weight is 278 g/mol. The Bertz CT molecular complexity index is 470. The molecule has 4 heteroatoms. The van der Waals surface area contributed by atoms with E-state index in [2.05, 4.69) is 29.7 Å². The first kappa shape index (κ1) is 16.5. The number of nitrogens with one attached hydrogen (secondary N) is 2. The normalized spacial score (nSPS) is 12.9. The minimum atomic E-state index is -0.444. The zero-order valence-electron chi connectivity index (χ0n) is 13.3. The monoisotopic (exact) mass is 278 g/mol. The third-order valence-corrected chi connectivity index (χ3v) is 3.55. The number of rotatable bonds is 6. The third kappa shape index (κ3) is 3.97. The van der Waals surface area contributed by atoms with Crippen LogP contribution in [0.25, 0.3) is 0 Å². The van der Waals surface area contributed by atoms with Crippen molar-refractivity contribution < 1.29 is 9.53 Å². The number of hydrogen-bond acceptors (Lipinski definition) is 3. The molecule has 1 rings (SSSR count). The summed E-state index contributed by atoms with van der Waals surface area (Å²) in [5, 5.41) is 6.10. The van der Waals surface area contributed by atoms with Crippen molar-refractivity contribution >= 4 is 5.91 Å². The summed E-state index contributed by atoms with van der Waals surface area (Å²) in [4.78, 5) is 11.8. The molecule has 1 aromatic carbocycles. The third-order valence-electron chi connectivity index (χ3n) is 3.55. The van der Waals surface area contributed by atoms with E-state index in [1.54, 1.807) is 14.2 Å². The topological polar surface area (TPSA) is 50.4 Å². The molecule has 0 fully saturated rings. The molecule has 0 aromatic heterocycles. The van der Waals surface area contributed by atoms with Crippen LogP contribution in [-0.4, -0.2) is 26.6 Å². The van der Waals surface area contributed by atoms with Crippen LogP contribution in [0.15, 0.2) is 18.2 Å². The van der Waals surface area contributed by atoms with Crippen LogP contribution < -0.4 is 15.4 Å². The molecule has 0 aliphatic carbocycles. The maximum atomic E-state index is 11.8. The number of carbonyl (C=O) groups excluding carboxylic acids is 1. The zero-order chi connectivity index (χ0) is 15.3. The van der Waals surface area contributed by atoms with E-state index in [0.717, 1.165) is 11.3 Å². The van der Waals surface area contributed by atoms with Gasteiger partial charge in [-0.1, -0.05) is 12.1 Å². The van der Waals surface area contributed by atoms with E-state index in [0.29, 0.717) is 6.54 Å². The summed E-state index contributed by atoms with van der Waals surface area (Å²) in [6, 6.07) is 6.28. The number of amides is 1. The Hall–Kier alpha value is -1.55. The smallest absolute Gasteiger partial charge is 0.226 e. The minimum absolute atomic E-state index is 0.0353. The Balaban J connectivity index is 2.77. The van der Waals surface area contributed by atoms with E-state index in [1.165, 1.54) is 5.56 Å². The highest BCUT2D eigenvalue weighted by atomic mass is 16.5. The largest absolute Gasteiger partial charge is 0.496 e. The molecule has 0 saturated carbocycles. The molecule has 1 unspecified atom stereocenters. The molecule has 0 spiro atoms. The van der Waals surface area contributed by atoms with Gasteiger partial charge in [-0.25, -0.2) is 0 Å². The molecule has 2 N–H and O–H groups in total. The number of aryl methyl sites for hydroxylation is 1. The van der Waals surface area contributed by atoms with Crippen molar-refractivity contribution in [2.45, 2.75) is 33.7 Å². The fourth-order valence-electron chi connectivity index (χ4n) is 2.11. The maximum Gasteiger partial charge on any atom is 0.226 e. The highest BCUT2D eigenvalue weighted by molar-refractivity contribution is 5.81. The molecule has 0 saturated heterocycles. The number of benzene rings is 1. The van der Waals surface area contributed by atoms with Crippen LogP contribution in [0, 0.1) is 12.3 Å². The molecule has 1 atom stereocenters. The number of ether oxygens (including phenoxy) is 1. The molecule has 1 amide bonds. The fourth-order valence-corrected chi connectivity index (χ4v) is 2.11. The molecule has 0 aliphatic rings. The van der Waals surface area contributed by atoms with Crippen LogP contribution in [-0.2, 0) is 4.79 Å². The molecular weight excluding hydrogens is 252 g/mol. The van der Waals surface area contributed by atoms with Crippen molar-refractivity contribution in [3.63, 3.8) is 0 Å². The van der Waals surface area contributed by atoms with E-state index >= 15 is 0 Å². The quantitative estimate of drug-likeness (QED) is 0.840. The average Bonchev–Trinajstić information content (AvgIpc) is 2.43. The van der Waals surface area contributed by atoms with Gasteiger partial charge in [-0.15, -0.1) is 0 Å². The van der Waals surface area contributed by atoms with Gasteiger partial charge in [0.1, 0.15) is 5.75 Å². The van der Waals surface area contributed by atoms with E-state index in [-0.39, 0.29) is 11.9 Å². The summed E-state index contributed by atoms with van der Waals surface area (Å²) in [6.45, 7) is 8.58. The Labute approximate surface area is 121 Å². The fraction of sp³-hybridized carbons (Fsp3) is 0.562. The molecule has 0 bridgehead atoms. The van der Waals surface area contributed by atoms with Crippen LogP contribution in [0.5, 0.6) is 5.75 Å². The summed E-state index contributed by atoms with van der Waals surface area (Å²) in [5.74, 6) is 0.913. The maximum absolute atomic E-state index is 11.8. The van der Waals surface area contributed by atoms with Crippen molar-refractivity contribution in [3.05, 3.63) is 29.3 Å². The van der Waals surface area contributed by atoms with Crippen molar-refractivity contribution in [1.82, 2.24) is 10.6 Å². The molecular formula is C16H26N2O2. The van der Waals surface area contributed by atoms with Crippen LogP contribution in [0.1, 0.15) is 37.9 Å². The Kier molecular flexibility index (Phi) is 5.57. The van der Waals surface area contributed by atoms with Gasteiger partial charge in [0.25, 0.3) is 0 Å². The first-order valence-corrected chi connectivity index (χ1v) is 6.92. The molecule has 0 heterocycles. The van der Waals surface area contributed by atoms with E-state index in [1.807, 2.05) is 26.8 Å². The number of hydrogen-bond donors (Lipinski definition) is 2. The Morgan fingerprint density at radius 3 is 2.60 bits per heavy atom. The van der Waals surface area contributed by atoms with Gasteiger partial charge in [0, 0.05) is 25.2 Å². The highest BCUT2D eigenvalue weighted by Gasteiger charge is 2.27. The Morgan fingerprint density at radius 2 is 2.05 bits per heavy atom. The van der Waals surface area contributed by atoms with E-state index in [9.17, 15) is 4.79 Å². The second-order valence-corrected chi connectivity index (χ2v) is 5.81. The Morgan fingerprint density at radius 1 is 1.40 bits per heavy atom. The molecule has 0 aliphatic heterocycles. The van der Waals surface area contributed by atoms with Crippen molar-refractivity contribution in [2.75, 3.05) is 20.7 Å². The number of methoxy groups -OCH3 is 1. The van der Waals surface area contributed by atoms with Gasteiger partial charge < -0.3 is 15.4 Å². The zero-order valence-corrected chi connectivity index (χ0v) is 13.3. The standard InChI is InChI=1S/C16H26N2O2/c1-11-7-8-13(14(9-11)20-6)12(2)18-10-16(3,4)15(19)17-5/h7-9,12,18H,10H2,1-6H3,(H,17,19). The molecule has 4 nitrogen and oxygen atoms in total. The van der Waals surface area contributed by atoms with Crippen molar-refractivity contribution in [1.29, 1.82) is 0 Å². The first-order chi connectivity index (χ1) is 9.31. The molecule has 1 aromatic rings. The van der Waals surface area contributed by atoms with Crippen LogP contribution in [0.3, 0.4) is 0 Å². The number of carbonyl (C=O) groups is 1. The van der Waals surface area contributed by atoms with Crippen molar-refractivity contribution in [3.8, 4) is 5.75 Å². The second kappa shape index (κ2) is 6.75. The van der Waals surface area contributed by atoms with Gasteiger partial charge in [-0.2, -0.15) is 0 Å². The van der Waals surface area contributed by atoms with E-state index in [4.69, 9.17) is 4.74 Å². The van der Waals surface area contributed by atoms with Gasteiger partial charge in [-0.05, 0) is 39.3 Å². The van der Waals surface area contributed by atoms with Gasteiger partial charge >= 0.3 is 0 Å². The second-order valence-electron chi connectivity index (χ2n) is 5.81. The molecule has 20 heavy (non-hydrogen) atoms. The highest BCUT2D eigenvalue weighted by Crippen LogP contribution is 2.27. The molecule has 112 valence electrons. The minimum Gasteiger partial charge on any atom is -0.496 e. The lowest BCUT2D eigenvalue weighted by Gasteiger charge is -2.26. The van der Waals surface area contributed by atoms with Crippen LogP contribution >= 0.6 is 0 Å². The lowest BCUT2D eigenvalue weighted by atomic mass is 9.91. The summed E-state index contributed by atoms with van der Waals surface area (Å²) < 4.78 is 5.43. The summed E-state index contributed by atoms with van der Waals surface area (Å²) in [6.07, 6.45) is 0. The summed E-state index contributed by atoms with van der Waals surface area (Å²) in [7, 11) is 3.34. The predicted molar refractivity (Wildman–Crippen MR) is 82.0 cm³/mol. The lowest BCUT2D eigenvalue weighted by Crippen LogP contribution is -2.42. The van der Waals surface area contributed by atoms with Gasteiger partial charge in [0.05, 0.1) is 12.5 Å². The lowest BCUT2D eigenvalue weighted by molar-refractivity contribution is -0.128. The van der Waals surface area contributed by atoms with Gasteiger partial charge in [0.15, 0.2) is 0 Å². The summed E-state index contributed by atoms with van der Waals surface area (Å²) >= 11 is 0. The predicted octanol–water partition coefficient (Wildman–Crippen LogP) is 2.43. The van der Waals surface area contributed by atoms with Crippen LogP contribution in [0.2, 0.25) is 0 Å². The first-order valence-electron chi connectivity index (χ1n) is 6.92.